The molecule has 1 saturated heterocycles. The van der Waals surface area contributed by atoms with Crippen LogP contribution in [0.3, 0.4) is 0 Å². The van der Waals surface area contributed by atoms with Crippen molar-refractivity contribution in [3.8, 4) is 11.5 Å². The van der Waals surface area contributed by atoms with E-state index in [2.05, 4.69) is 32.3 Å². The molecule has 34 heavy (non-hydrogen) atoms. The molecule has 5 rings (SSSR count). The Hall–Kier alpha value is -4.04. The molecule has 0 bridgehead atoms. The van der Waals surface area contributed by atoms with Gasteiger partial charge in [-0.2, -0.15) is 0 Å². The Morgan fingerprint density at radius 2 is 1.74 bits per heavy atom. The topological polar surface area (TPSA) is 88.7 Å². The number of hydrogen-bond donors (Lipinski definition) is 2. The van der Waals surface area contributed by atoms with Crippen LogP contribution in [0.2, 0.25) is 0 Å². The third-order valence-electron chi connectivity index (χ3n) is 5.95. The number of carbonyl (C=O) groups is 1. The molecular weight excluding hydrogens is 432 g/mol. The van der Waals surface area contributed by atoms with Gasteiger partial charge in [-0.1, -0.05) is 0 Å². The fourth-order valence-corrected chi connectivity index (χ4v) is 4.17. The largest absolute Gasteiger partial charge is 0.497 e. The number of aromatic amines is 1. The van der Waals surface area contributed by atoms with Gasteiger partial charge in [-0.25, -0.2) is 4.98 Å². The van der Waals surface area contributed by atoms with Crippen molar-refractivity contribution in [2.45, 2.75) is 0 Å². The van der Waals surface area contributed by atoms with Gasteiger partial charge in [-0.15, -0.1) is 0 Å². The van der Waals surface area contributed by atoms with Crippen LogP contribution in [0.4, 0.5) is 17.1 Å². The van der Waals surface area contributed by atoms with Gasteiger partial charge in [-0.3, -0.25) is 4.79 Å². The zero-order valence-electron chi connectivity index (χ0n) is 19.1. The van der Waals surface area contributed by atoms with Crippen molar-refractivity contribution in [2.75, 3.05) is 50.7 Å². The van der Waals surface area contributed by atoms with Crippen LogP contribution in [-0.4, -0.2) is 56.3 Å². The third-order valence-corrected chi connectivity index (χ3v) is 5.95. The highest BCUT2D eigenvalue weighted by molar-refractivity contribution is 6.18. The smallest absolute Gasteiger partial charge is 0.195 e. The number of rotatable bonds is 7. The van der Waals surface area contributed by atoms with Crippen molar-refractivity contribution >= 4 is 33.9 Å². The fraction of sp³-hybridized carbons (Fsp3) is 0.231. The van der Waals surface area contributed by atoms with Gasteiger partial charge in [0.15, 0.2) is 5.78 Å². The van der Waals surface area contributed by atoms with Gasteiger partial charge in [-0.05, 0) is 42.5 Å². The monoisotopic (exact) mass is 458 g/mol. The van der Waals surface area contributed by atoms with Crippen molar-refractivity contribution in [3.63, 3.8) is 0 Å². The van der Waals surface area contributed by atoms with Gasteiger partial charge in [0.1, 0.15) is 17.1 Å². The molecule has 8 nitrogen and oxygen atoms in total. The van der Waals surface area contributed by atoms with Gasteiger partial charge >= 0.3 is 0 Å². The number of nitrogens with one attached hydrogen (secondary N) is 2. The Balaban J connectivity index is 1.46. The number of ether oxygens (including phenoxy) is 3. The van der Waals surface area contributed by atoms with Gasteiger partial charge in [0.05, 0.1) is 44.1 Å². The quantitative estimate of drug-likeness (QED) is 0.397. The molecule has 0 unspecified atom stereocenters. The number of fused-ring (bicyclic) bond motifs is 1. The van der Waals surface area contributed by atoms with Crippen LogP contribution in [-0.2, 0) is 4.74 Å². The van der Waals surface area contributed by atoms with Crippen molar-refractivity contribution in [3.05, 3.63) is 72.1 Å². The summed E-state index contributed by atoms with van der Waals surface area (Å²) in [6.45, 7) is 3.28. The number of pyridine rings is 1. The van der Waals surface area contributed by atoms with Gasteiger partial charge < -0.3 is 29.4 Å². The highest BCUT2D eigenvalue weighted by Gasteiger charge is 2.19. The van der Waals surface area contributed by atoms with E-state index in [0.29, 0.717) is 28.3 Å². The van der Waals surface area contributed by atoms with E-state index in [9.17, 15) is 4.79 Å². The number of hydrogen-bond acceptors (Lipinski definition) is 7. The second kappa shape index (κ2) is 9.44. The lowest BCUT2D eigenvalue weighted by Crippen LogP contribution is -2.36. The van der Waals surface area contributed by atoms with Crippen molar-refractivity contribution in [1.29, 1.82) is 0 Å². The molecule has 8 heteroatoms. The first-order valence-electron chi connectivity index (χ1n) is 11.1. The Kier molecular flexibility index (Phi) is 6.05. The van der Waals surface area contributed by atoms with Crippen LogP contribution < -0.4 is 19.7 Å². The second-order valence-corrected chi connectivity index (χ2v) is 7.99. The molecule has 1 aliphatic heterocycles. The Morgan fingerprint density at radius 1 is 1.03 bits per heavy atom. The maximum absolute atomic E-state index is 13.5. The predicted molar refractivity (Wildman–Crippen MR) is 132 cm³/mol. The standard InChI is InChI=1S/C26H26N4O4/c1-32-20-13-17(14-21(15-20)33-2)25(31)22-16-28-26-24(22)23(7-8-27-26)29-18-3-5-19(6-4-18)30-9-11-34-12-10-30/h3-8,13-16H,9-12H2,1-2H3,(H2,27,28,29). The van der Waals surface area contributed by atoms with E-state index in [-0.39, 0.29) is 5.78 Å². The van der Waals surface area contributed by atoms with Crippen molar-refractivity contribution in [1.82, 2.24) is 9.97 Å². The summed E-state index contributed by atoms with van der Waals surface area (Å²) in [5.74, 6) is 0.959. The Morgan fingerprint density at radius 3 is 2.41 bits per heavy atom. The molecule has 174 valence electrons. The molecule has 0 atom stereocenters. The third kappa shape index (κ3) is 4.27. The molecule has 0 spiro atoms. The van der Waals surface area contributed by atoms with Gasteiger partial charge in [0.2, 0.25) is 0 Å². The first-order valence-corrected chi connectivity index (χ1v) is 11.1. The summed E-state index contributed by atoms with van der Waals surface area (Å²) in [6, 6.07) is 15.3. The molecule has 0 amide bonds. The number of aromatic nitrogens is 2. The zero-order valence-corrected chi connectivity index (χ0v) is 19.1. The highest BCUT2D eigenvalue weighted by atomic mass is 16.5. The molecule has 2 aromatic heterocycles. The number of nitrogens with zero attached hydrogens (tertiary/aromatic N) is 2. The predicted octanol–water partition coefficient (Wildman–Crippen LogP) is 4.39. The summed E-state index contributed by atoms with van der Waals surface area (Å²) < 4.78 is 16.1. The molecule has 0 saturated carbocycles. The zero-order chi connectivity index (χ0) is 23.5. The number of H-pyrrole nitrogens is 1. The number of carbonyl (C=O) groups excluding carboxylic acids is 1. The fourth-order valence-electron chi connectivity index (χ4n) is 4.17. The lowest BCUT2D eigenvalue weighted by molar-refractivity contribution is 0.103. The van der Waals surface area contributed by atoms with E-state index < -0.39 is 0 Å². The summed E-state index contributed by atoms with van der Waals surface area (Å²) >= 11 is 0. The van der Waals surface area contributed by atoms with Gasteiger partial charge in [0, 0.05) is 48.5 Å². The number of benzene rings is 2. The van der Waals surface area contributed by atoms with Crippen molar-refractivity contribution in [2.24, 2.45) is 0 Å². The number of methoxy groups -OCH3 is 2. The molecule has 0 aliphatic carbocycles. The van der Waals surface area contributed by atoms with Crippen LogP contribution in [0, 0.1) is 0 Å². The van der Waals surface area contributed by atoms with E-state index in [1.165, 1.54) is 5.69 Å². The molecule has 4 aromatic rings. The summed E-state index contributed by atoms with van der Waals surface area (Å²) in [6.07, 6.45) is 3.41. The second-order valence-electron chi connectivity index (χ2n) is 7.99. The summed E-state index contributed by atoms with van der Waals surface area (Å²) in [5.41, 5.74) is 4.51. The van der Waals surface area contributed by atoms with Crippen LogP contribution in [0.5, 0.6) is 11.5 Å². The first kappa shape index (κ1) is 21.8. The minimum atomic E-state index is -0.151. The minimum absolute atomic E-state index is 0.151. The normalized spacial score (nSPS) is 13.6. The molecule has 2 aromatic carbocycles. The lowest BCUT2D eigenvalue weighted by atomic mass is 10.0. The summed E-state index contributed by atoms with van der Waals surface area (Å²) in [4.78, 5) is 23.3. The van der Waals surface area contributed by atoms with Gasteiger partial charge in [0.25, 0.3) is 0 Å². The lowest BCUT2D eigenvalue weighted by Gasteiger charge is -2.29. The summed E-state index contributed by atoms with van der Waals surface area (Å²) in [5, 5.41) is 4.18. The number of ketones is 1. The Labute approximate surface area is 197 Å². The number of anilines is 3. The van der Waals surface area contributed by atoms with E-state index in [1.54, 1.807) is 44.8 Å². The van der Waals surface area contributed by atoms with Crippen molar-refractivity contribution < 1.29 is 19.0 Å². The SMILES string of the molecule is COc1cc(OC)cc(C(=O)c2c[nH]c3nccc(Nc4ccc(N5CCOCC5)cc4)c23)c1. The molecule has 1 aliphatic rings. The molecule has 1 fully saturated rings. The van der Waals surface area contributed by atoms with E-state index >= 15 is 0 Å². The van der Waals surface area contributed by atoms with Crippen LogP contribution in [0.1, 0.15) is 15.9 Å². The minimum Gasteiger partial charge on any atom is -0.497 e. The van der Waals surface area contributed by atoms with Crippen LogP contribution in [0.25, 0.3) is 11.0 Å². The average molecular weight is 459 g/mol. The highest BCUT2D eigenvalue weighted by Crippen LogP contribution is 2.32. The van der Waals surface area contributed by atoms with Crippen LogP contribution in [0.15, 0.2) is 60.9 Å². The maximum Gasteiger partial charge on any atom is 0.195 e. The molecule has 3 heterocycles. The molecule has 2 N–H and O–H groups in total. The Bertz CT molecular complexity index is 1290. The van der Waals surface area contributed by atoms with Crippen LogP contribution >= 0.6 is 0 Å². The maximum atomic E-state index is 13.5. The van der Waals surface area contributed by atoms with E-state index in [4.69, 9.17) is 14.2 Å². The summed E-state index contributed by atoms with van der Waals surface area (Å²) in [7, 11) is 3.12. The molecule has 0 radical (unpaired) electrons. The average Bonchev–Trinajstić information content (AvgIpc) is 3.34. The number of morpholine rings is 1. The molecular formula is C26H26N4O4. The van der Waals surface area contributed by atoms with E-state index in [1.807, 2.05) is 18.2 Å². The first-order chi connectivity index (χ1) is 16.7. The van der Waals surface area contributed by atoms with E-state index in [0.717, 1.165) is 43.1 Å².